The second-order valence-corrected chi connectivity index (χ2v) is 15.6. The Kier molecular flexibility index (Phi) is 8.63. The summed E-state index contributed by atoms with van der Waals surface area (Å²) in [6.45, 7) is 32.4. The average Bonchev–Trinajstić information content (AvgIpc) is 3.44. The minimum atomic E-state index is -0.249. The second kappa shape index (κ2) is 12.3. The minimum absolute atomic E-state index is 0.249. The molecule has 0 aliphatic heterocycles. The van der Waals surface area contributed by atoms with Gasteiger partial charge in [-0.3, -0.25) is 0 Å². The van der Waals surface area contributed by atoms with E-state index in [0.29, 0.717) is 23.7 Å². The average molecular weight is 619 g/mol. The Bertz CT molecular complexity index is 1840. The monoisotopic (exact) mass is 618 g/mol. The van der Waals surface area contributed by atoms with Crippen LogP contribution in [-0.2, 0) is 12.8 Å². The fourth-order valence-electron chi connectivity index (χ4n) is 9.04. The van der Waals surface area contributed by atoms with E-state index in [1.807, 2.05) is 0 Å². The Labute approximate surface area is 285 Å². The lowest BCUT2D eigenvalue weighted by atomic mass is 9.67. The summed E-state index contributed by atoms with van der Waals surface area (Å²) in [6.07, 6.45) is 5.91. The second-order valence-electron chi connectivity index (χ2n) is 15.6. The van der Waals surface area contributed by atoms with E-state index in [2.05, 4.69) is 155 Å². The maximum Gasteiger partial charge on any atom is 0.0171 e. The van der Waals surface area contributed by atoms with Crippen LogP contribution in [0.2, 0.25) is 0 Å². The first kappa shape index (κ1) is 33.0. The van der Waals surface area contributed by atoms with Crippen LogP contribution in [0, 0.1) is 5.41 Å². The summed E-state index contributed by atoms with van der Waals surface area (Å²) in [4.78, 5) is 0. The van der Waals surface area contributed by atoms with Crippen LogP contribution in [0.1, 0.15) is 149 Å². The Morgan fingerprint density at radius 3 is 1.30 bits per heavy atom. The highest BCUT2D eigenvalue weighted by atomic mass is 14.5. The molecule has 0 radical (unpaired) electrons. The highest BCUT2D eigenvalue weighted by molar-refractivity contribution is 6.37. The Morgan fingerprint density at radius 2 is 0.957 bits per heavy atom. The smallest absolute Gasteiger partial charge is 0.0171 e. The van der Waals surface area contributed by atoms with Crippen LogP contribution in [0.5, 0.6) is 0 Å². The normalized spacial score (nSPS) is 15.3. The van der Waals surface area contributed by atoms with E-state index in [0.717, 1.165) is 12.8 Å². The first-order chi connectivity index (χ1) is 22.4. The fraction of sp³-hybridized carbons (Fsp3) is 0.362. The SMILES string of the molecule is C=CCc1ccc(C(C)C)c(C2=C3C(=C(c4c(C(C)C)ccc(CC=C)c4C(C)C)C2(C)C)c2cccc4cccc3c24)c1C(C)C. The van der Waals surface area contributed by atoms with Crippen molar-refractivity contribution in [3.8, 4) is 0 Å². The summed E-state index contributed by atoms with van der Waals surface area (Å²) in [6, 6.07) is 23.5. The Hall–Kier alpha value is -3.90. The van der Waals surface area contributed by atoms with E-state index in [1.54, 1.807) is 0 Å². The number of hydrogen-bond acceptors (Lipinski definition) is 0. The van der Waals surface area contributed by atoms with Crippen LogP contribution >= 0.6 is 0 Å². The molecule has 0 spiro atoms. The molecular weight excluding hydrogens is 565 g/mol. The van der Waals surface area contributed by atoms with Gasteiger partial charge < -0.3 is 0 Å². The maximum atomic E-state index is 4.18. The van der Waals surface area contributed by atoms with Gasteiger partial charge in [-0.25, -0.2) is 0 Å². The molecule has 0 fully saturated rings. The largest absolute Gasteiger partial charge is 0.103 e. The van der Waals surface area contributed by atoms with E-state index < -0.39 is 0 Å². The lowest BCUT2D eigenvalue weighted by Crippen LogP contribution is -2.20. The molecule has 0 saturated heterocycles. The molecule has 2 aliphatic rings. The van der Waals surface area contributed by atoms with Crippen LogP contribution in [0.15, 0.2) is 86.0 Å². The summed E-state index contributed by atoms with van der Waals surface area (Å²) < 4.78 is 0. The molecule has 0 aromatic heterocycles. The number of allylic oxidation sites excluding steroid dienone is 6. The number of rotatable bonds is 10. The predicted molar refractivity (Wildman–Crippen MR) is 208 cm³/mol. The first-order valence-electron chi connectivity index (χ1n) is 17.9. The van der Waals surface area contributed by atoms with Gasteiger partial charge >= 0.3 is 0 Å². The van der Waals surface area contributed by atoms with E-state index in [1.165, 1.54) is 88.7 Å². The van der Waals surface area contributed by atoms with Crippen LogP contribution in [0.25, 0.3) is 33.1 Å². The zero-order chi connectivity index (χ0) is 33.9. The van der Waals surface area contributed by atoms with Gasteiger partial charge in [0.05, 0.1) is 0 Å². The molecule has 0 nitrogen and oxygen atoms in total. The third kappa shape index (κ3) is 5.02. The van der Waals surface area contributed by atoms with Crippen LogP contribution in [0.4, 0.5) is 0 Å². The summed E-state index contributed by atoms with van der Waals surface area (Å²) in [5, 5.41) is 2.73. The summed E-state index contributed by atoms with van der Waals surface area (Å²) >= 11 is 0. The molecule has 2 aliphatic carbocycles. The fourth-order valence-corrected chi connectivity index (χ4v) is 9.04. The third-order valence-corrected chi connectivity index (χ3v) is 10.8. The molecule has 47 heavy (non-hydrogen) atoms. The van der Waals surface area contributed by atoms with Gasteiger partial charge in [-0.15, -0.1) is 13.2 Å². The van der Waals surface area contributed by atoms with Crippen molar-refractivity contribution in [1.29, 1.82) is 0 Å². The van der Waals surface area contributed by atoms with Gasteiger partial charge in [0.15, 0.2) is 0 Å². The lowest BCUT2D eigenvalue weighted by Gasteiger charge is -2.36. The topological polar surface area (TPSA) is 0 Å². The Balaban J connectivity index is 1.87. The van der Waals surface area contributed by atoms with E-state index in [-0.39, 0.29) is 5.41 Å². The van der Waals surface area contributed by atoms with Gasteiger partial charge in [-0.2, -0.15) is 0 Å². The number of fused-ring (bicyclic) bond motifs is 3. The van der Waals surface area contributed by atoms with Crippen molar-refractivity contribution in [3.05, 3.63) is 142 Å². The molecule has 0 amide bonds. The van der Waals surface area contributed by atoms with Crippen molar-refractivity contribution < 1.29 is 0 Å². The van der Waals surface area contributed by atoms with Gasteiger partial charge in [0.25, 0.3) is 0 Å². The molecule has 0 atom stereocenters. The van der Waals surface area contributed by atoms with Gasteiger partial charge in [0, 0.05) is 5.41 Å². The maximum absolute atomic E-state index is 4.18. The molecule has 0 N–H and O–H groups in total. The van der Waals surface area contributed by atoms with Crippen LogP contribution in [0.3, 0.4) is 0 Å². The zero-order valence-electron chi connectivity index (χ0n) is 30.6. The van der Waals surface area contributed by atoms with E-state index in [9.17, 15) is 0 Å². The van der Waals surface area contributed by atoms with Crippen molar-refractivity contribution in [2.45, 2.75) is 106 Å². The van der Waals surface area contributed by atoms with Gasteiger partial charge in [-0.1, -0.05) is 142 Å². The number of benzene rings is 4. The highest BCUT2D eigenvalue weighted by Crippen LogP contribution is 2.67. The molecule has 0 bridgehead atoms. The standard InChI is InChI=1S/C47H54/c1-13-17-31-23-25-34(27(3)4)41(38(31)29(7)8)45-43-36-21-15-19-33-20-16-22-37(40(33)36)44(43)46(47(45,11)12)42-35(28(5)6)26-24-32(18-14-2)39(42)30(9)10/h13-16,19-30H,1-2,17-18H2,3-12H3. The van der Waals surface area contributed by atoms with Crippen molar-refractivity contribution in [3.63, 3.8) is 0 Å². The molecule has 6 rings (SSSR count). The van der Waals surface area contributed by atoms with Crippen molar-refractivity contribution in [1.82, 2.24) is 0 Å². The third-order valence-electron chi connectivity index (χ3n) is 10.8. The van der Waals surface area contributed by atoms with Crippen molar-refractivity contribution in [2.24, 2.45) is 5.41 Å². The summed E-state index contributed by atoms with van der Waals surface area (Å²) in [5.41, 5.74) is 20.1. The van der Waals surface area contributed by atoms with E-state index in [4.69, 9.17) is 0 Å². The molecule has 0 heterocycles. The molecule has 0 heteroatoms. The molecule has 4 aromatic rings. The predicted octanol–water partition coefficient (Wildman–Crippen LogP) is 13.7. The van der Waals surface area contributed by atoms with Crippen LogP contribution < -0.4 is 0 Å². The molecule has 4 aromatic carbocycles. The molecular formula is C47H54. The number of hydrogen-bond donors (Lipinski definition) is 0. The van der Waals surface area contributed by atoms with Crippen LogP contribution in [-0.4, -0.2) is 0 Å². The highest BCUT2D eigenvalue weighted by Gasteiger charge is 2.48. The van der Waals surface area contributed by atoms with E-state index >= 15 is 0 Å². The molecule has 242 valence electrons. The molecule has 0 saturated carbocycles. The first-order valence-corrected chi connectivity index (χ1v) is 17.9. The summed E-state index contributed by atoms with van der Waals surface area (Å²) in [5.74, 6) is 1.54. The summed E-state index contributed by atoms with van der Waals surface area (Å²) in [7, 11) is 0. The zero-order valence-corrected chi connectivity index (χ0v) is 30.6. The van der Waals surface area contributed by atoms with Gasteiger partial charge in [-0.05, 0) is 125 Å². The molecule has 0 unspecified atom stereocenters. The van der Waals surface area contributed by atoms with Crippen molar-refractivity contribution >= 4 is 33.1 Å². The van der Waals surface area contributed by atoms with Gasteiger partial charge in [0.1, 0.15) is 0 Å². The Morgan fingerprint density at radius 1 is 0.553 bits per heavy atom. The minimum Gasteiger partial charge on any atom is -0.103 e. The van der Waals surface area contributed by atoms with Gasteiger partial charge in [0.2, 0.25) is 0 Å². The quantitative estimate of drug-likeness (QED) is 0.155. The lowest BCUT2D eigenvalue weighted by molar-refractivity contribution is 0.669. The van der Waals surface area contributed by atoms with Crippen molar-refractivity contribution in [2.75, 3.05) is 0 Å².